The number of ether oxygens (including phenoxy) is 1. The number of alkyl halides is 3. The average Bonchev–Trinajstić information content (AvgIpc) is 3.56. The molecule has 8 nitrogen and oxygen atoms in total. The minimum atomic E-state index is -4.37. The molecule has 0 unspecified atom stereocenters. The first-order chi connectivity index (χ1) is 22.0. The fraction of sp³-hybridized carbons (Fsp3) is 0.441. The third-order valence-electron chi connectivity index (χ3n) is 7.72. The number of carbonyl (C=O) groups is 1. The number of thioether (sulfide) groups is 1. The number of rotatable bonds is 11. The molecule has 5 rings (SSSR count). The molecule has 0 aliphatic carbocycles. The van der Waals surface area contributed by atoms with E-state index < -0.39 is 17.3 Å². The van der Waals surface area contributed by atoms with Gasteiger partial charge in [0.1, 0.15) is 5.60 Å². The number of nitrogens with one attached hydrogen (secondary N) is 1. The van der Waals surface area contributed by atoms with Crippen LogP contribution >= 0.6 is 11.8 Å². The number of nitrogens with zero attached hydrogens (tertiary/aromatic N) is 5. The smallest absolute Gasteiger partial charge is 0.416 e. The predicted octanol–water partition coefficient (Wildman–Crippen LogP) is 8.26. The summed E-state index contributed by atoms with van der Waals surface area (Å²) in [5, 5.41) is 4.32. The number of piperazine rings is 1. The van der Waals surface area contributed by atoms with Crippen molar-refractivity contribution in [2.24, 2.45) is 0 Å². The fourth-order valence-corrected chi connectivity index (χ4v) is 6.44. The highest BCUT2D eigenvalue weighted by atomic mass is 32.2. The maximum absolute atomic E-state index is 13.1. The summed E-state index contributed by atoms with van der Waals surface area (Å²) in [5.41, 5.74) is 2.34. The zero-order valence-corrected chi connectivity index (χ0v) is 27.3. The van der Waals surface area contributed by atoms with E-state index in [4.69, 9.17) is 4.74 Å². The molecule has 2 aromatic carbocycles. The lowest BCUT2D eigenvalue weighted by molar-refractivity contribution is -0.137. The van der Waals surface area contributed by atoms with Crippen molar-refractivity contribution >= 4 is 40.1 Å². The molecule has 12 heteroatoms. The van der Waals surface area contributed by atoms with E-state index >= 15 is 0 Å². The van der Waals surface area contributed by atoms with Crippen LogP contribution in [0.3, 0.4) is 0 Å². The van der Waals surface area contributed by atoms with Gasteiger partial charge in [0.05, 0.1) is 28.8 Å². The molecule has 46 heavy (non-hydrogen) atoms. The highest BCUT2D eigenvalue weighted by molar-refractivity contribution is 7.99. The Morgan fingerprint density at radius 3 is 2.43 bits per heavy atom. The van der Waals surface area contributed by atoms with Gasteiger partial charge in [-0.25, -0.2) is 9.78 Å². The van der Waals surface area contributed by atoms with Crippen molar-refractivity contribution < 1.29 is 22.7 Å². The first kappa shape index (κ1) is 33.4. The van der Waals surface area contributed by atoms with E-state index in [2.05, 4.69) is 38.4 Å². The number of benzene rings is 2. The predicted molar refractivity (Wildman–Crippen MR) is 178 cm³/mol. The summed E-state index contributed by atoms with van der Waals surface area (Å²) in [6.45, 7) is 9.10. The molecule has 1 N–H and O–H groups in total. The Balaban J connectivity index is 1.07. The van der Waals surface area contributed by atoms with Gasteiger partial charge in [-0.05, 0) is 75.8 Å². The Morgan fingerprint density at radius 2 is 1.72 bits per heavy atom. The Labute approximate surface area is 272 Å². The van der Waals surface area contributed by atoms with E-state index in [9.17, 15) is 18.0 Å². The molecule has 0 bridgehead atoms. The van der Waals surface area contributed by atoms with Crippen LogP contribution in [0.4, 0.5) is 29.3 Å². The van der Waals surface area contributed by atoms with Gasteiger partial charge < -0.3 is 24.4 Å². The van der Waals surface area contributed by atoms with Gasteiger partial charge in [-0.1, -0.05) is 18.9 Å². The normalized spacial score (nSPS) is 14.1. The molecule has 4 aromatic rings. The van der Waals surface area contributed by atoms with Gasteiger partial charge in [0, 0.05) is 67.3 Å². The van der Waals surface area contributed by atoms with Gasteiger partial charge in [0.15, 0.2) is 0 Å². The highest BCUT2D eigenvalue weighted by Crippen LogP contribution is 2.34. The molecule has 1 fully saturated rings. The van der Waals surface area contributed by atoms with E-state index in [1.165, 1.54) is 6.07 Å². The quantitative estimate of drug-likeness (QED) is 0.129. The third-order valence-corrected chi connectivity index (χ3v) is 8.88. The van der Waals surface area contributed by atoms with E-state index in [1.807, 2.05) is 37.6 Å². The van der Waals surface area contributed by atoms with Gasteiger partial charge in [-0.3, -0.25) is 4.98 Å². The number of halogens is 3. The SMILES string of the molecule is CC(C)(C)OC(=O)N1CCN(c2ccc(NCCCCCCSc3ccnc4cc(C(F)(F)F)ccc34)cc2-n2ccnc2)CC1. The van der Waals surface area contributed by atoms with Gasteiger partial charge >= 0.3 is 12.3 Å². The monoisotopic (exact) mass is 654 g/mol. The molecule has 0 saturated carbocycles. The Hall–Kier alpha value is -3.93. The summed E-state index contributed by atoms with van der Waals surface area (Å²) in [5.74, 6) is 0.898. The summed E-state index contributed by atoms with van der Waals surface area (Å²) < 4.78 is 46.7. The molecule has 1 amide bonds. The molecule has 2 aromatic heterocycles. The first-order valence-corrected chi connectivity index (χ1v) is 16.6. The number of imidazole rings is 1. The average molecular weight is 655 g/mol. The lowest BCUT2D eigenvalue weighted by Crippen LogP contribution is -2.50. The number of hydrogen-bond acceptors (Lipinski definition) is 7. The molecule has 0 spiro atoms. The number of carbonyl (C=O) groups excluding carboxylic acids is 1. The van der Waals surface area contributed by atoms with Crippen molar-refractivity contribution in [3.8, 4) is 5.69 Å². The van der Waals surface area contributed by atoms with Crippen LogP contribution in [0.25, 0.3) is 16.6 Å². The minimum absolute atomic E-state index is 0.270. The van der Waals surface area contributed by atoms with Gasteiger partial charge in [0.25, 0.3) is 0 Å². The highest BCUT2D eigenvalue weighted by Gasteiger charge is 2.31. The first-order valence-electron chi connectivity index (χ1n) is 15.7. The summed E-state index contributed by atoms with van der Waals surface area (Å²) >= 11 is 1.67. The number of fused-ring (bicyclic) bond motifs is 1. The van der Waals surface area contributed by atoms with E-state index in [-0.39, 0.29) is 6.09 Å². The maximum Gasteiger partial charge on any atom is 0.416 e. The zero-order chi connectivity index (χ0) is 32.7. The zero-order valence-electron chi connectivity index (χ0n) is 26.5. The van der Waals surface area contributed by atoms with Crippen molar-refractivity contribution in [3.63, 3.8) is 0 Å². The number of pyridine rings is 1. The molecular weight excluding hydrogens is 613 g/mol. The molecule has 246 valence electrons. The number of unbranched alkanes of at least 4 members (excludes halogenated alkanes) is 3. The van der Waals surface area contributed by atoms with Crippen LogP contribution in [0, 0.1) is 0 Å². The lowest BCUT2D eigenvalue weighted by atomic mass is 10.1. The second kappa shape index (κ2) is 14.7. The van der Waals surface area contributed by atoms with Crippen LogP contribution in [0.1, 0.15) is 52.0 Å². The Bertz CT molecular complexity index is 1600. The van der Waals surface area contributed by atoms with Crippen LogP contribution < -0.4 is 10.2 Å². The second-order valence-electron chi connectivity index (χ2n) is 12.4. The lowest BCUT2D eigenvalue weighted by Gasteiger charge is -2.37. The van der Waals surface area contributed by atoms with E-state index in [0.29, 0.717) is 31.7 Å². The Kier molecular flexibility index (Phi) is 10.7. The molecule has 3 heterocycles. The van der Waals surface area contributed by atoms with Crippen LogP contribution in [-0.2, 0) is 10.9 Å². The largest absolute Gasteiger partial charge is 0.444 e. The third kappa shape index (κ3) is 8.86. The molecule has 1 saturated heterocycles. The van der Waals surface area contributed by atoms with Crippen LogP contribution in [0.2, 0.25) is 0 Å². The molecule has 1 aliphatic rings. The summed E-state index contributed by atoms with van der Waals surface area (Å²) in [7, 11) is 0. The minimum Gasteiger partial charge on any atom is -0.444 e. The number of anilines is 2. The van der Waals surface area contributed by atoms with Gasteiger partial charge in [-0.2, -0.15) is 13.2 Å². The molecule has 0 atom stereocenters. The second-order valence-corrected chi connectivity index (χ2v) is 13.5. The number of amides is 1. The fourth-order valence-electron chi connectivity index (χ4n) is 5.39. The molecular formula is C34H41F3N6O2S. The van der Waals surface area contributed by atoms with Crippen molar-refractivity contribution in [2.45, 2.75) is 63.1 Å². The van der Waals surface area contributed by atoms with Crippen molar-refractivity contribution in [1.29, 1.82) is 0 Å². The van der Waals surface area contributed by atoms with Gasteiger partial charge in [-0.15, -0.1) is 11.8 Å². The van der Waals surface area contributed by atoms with Crippen molar-refractivity contribution in [2.75, 3.05) is 48.7 Å². The van der Waals surface area contributed by atoms with Crippen LogP contribution in [0.5, 0.6) is 0 Å². The molecule has 1 aliphatic heterocycles. The van der Waals surface area contributed by atoms with Crippen molar-refractivity contribution in [3.05, 3.63) is 72.9 Å². The van der Waals surface area contributed by atoms with E-state index in [1.54, 1.807) is 35.4 Å². The summed E-state index contributed by atoms with van der Waals surface area (Å²) in [6, 6.07) is 12.0. The maximum atomic E-state index is 13.1. The van der Waals surface area contributed by atoms with Crippen molar-refractivity contribution in [1.82, 2.24) is 19.4 Å². The topological polar surface area (TPSA) is 75.5 Å². The molecule has 0 radical (unpaired) electrons. The summed E-state index contributed by atoms with van der Waals surface area (Å²) in [4.78, 5) is 25.9. The summed E-state index contributed by atoms with van der Waals surface area (Å²) in [6.07, 6.45) is 6.64. The van der Waals surface area contributed by atoms with Gasteiger partial charge in [0.2, 0.25) is 0 Å². The van der Waals surface area contributed by atoms with E-state index in [0.717, 1.165) is 77.5 Å². The number of hydrogen-bond donors (Lipinski definition) is 1. The van der Waals surface area contributed by atoms with Crippen LogP contribution in [-0.4, -0.2) is 69.6 Å². The van der Waals surface area contributed by atoms with Crippen LogP contribution in [0.15, 0.2) is 72.3 Å². The standard InChI is InChI=1S/C34H41F3N6O2S/c1-33(2,3)45-32(44)42-19-17-41(18-20-42)29-11-9-26(23-30(29)43-16-15-38-24-43)39-13-6-4-5-7-21-46-31-12-14-40-28-22-25(34(35,36)37)8-10-27(28)31/h8-12,14-16,22-24,39H,4-7,13,17-21H2,1-3H3. The number of aromatic nitrogens is 3. The Morgan fingerprint density at radius 1 is 0.935 bits per heavy atom.